The fraction of sp³-hybridized carbons (Fsp3) is 0.444. The molecule has 0 saturated carbocycles. The topological polar surface area (TPSA) is 21.3 Å². The highest BCUT2D eigenvalue weighted by atomic mass is 35.5. The predicted octanol–water partition coefficient (Wildman–Crippen LogP) is 5.40. The molecule has 0 atom stereocenters. The highest BCUT2D eigenvalue weighted by molar-refractivity contribution is 8.05. The molecular formula is C18H26ClNOS. The van der Waals surface area contributed by atoms with Crippen LogP contribution in [0.3, 0.4) is 0 Å². The Morgan fingerprint density at radius 1 is 1.32 bits per heavy atom. The molecule has 1 N–H and O–H groups in total. The van der Waals surface area contributed by atoms with Gasteiger partial charge in [-0.25, -0.2) is 0 Å². The second-order valence-corrected chi connectivity index (χ2v) is 6.79. The number of rotatable bonds is 11. The second-order valence-electron chi connectivity index (χ2n) is 5.30. The lowest BCUT2D eigenvalue weighted by Gasteiger charge is -2.06. The highest BCUT2D eigenvalue weighted by Gasteiger charge is 1.97. The smallest absolute Gasteiger partial charge is 0.0721 e. The quantitative estimate of drug-likeness (QED) is 0.545. The lowest BCUT2D eigenvalue weighted by Crippen LogP contribution is -2.06. The molecule has 0 fully saturated rings. The molecule has 0 saturated heterocycles. The van der Waals surface area contributed by atoms with E-state index in [4.69, 9.17) is 16.3 Å². The van der Waals surface area contributed by atoms with E-state index < -0.39 is 0 Å². The molecular weight excluding hydrogens is 314 g/mol. The van der Waals surface area contributed by atoms with Crippen LogP contribution in [-0.2, 0) is 11.3 Å². The Kier molecular flexibility index (Phi) is 10.3. The summed E-state index contributed by atoms with van der Waals surface area (Å²) >= 11 is 7.57. The first kappa shape index (κ1) is 19.3. The molecule has 0 spiro atoms. The Bertz CT molecular complexity index is 470. The average Bonchev–Trinajstić information content (AvgIpc) is 2.51. The molecule has 4 heteroatoms. The molecule has 2 nitrogen and oxygen atoms in total. The third-order valence-electron chi connectivity index (χ3n) is 3.07. The fourth-order valence-electron chi connectivity index (χ4n) is 1.81. The van der Waals surface area contributed by atoms with Crippen molar-refractivity contribution in [3.63, 3.8) is 0 Å². The molecule has 0 aliphatic carbocycles. The number of nitrogens with one attached hydrogen (secondary N) is 1. The van der Waals surface area contributed by atoms with Crippen LogP contribution in [0.1, 0.15) is 31.7 Å². The Morgan fingerprint density at radius 2 is 2.05 bits per heavy atom. The van der Waals surface area contributed by atoms with Crippen molar-refractivity contribution in [2.75, 3.05) is 20.2 Å². The molecule has 122 valence electrons. The molecule has 0 bridgehead atoms. The minimum atomic E-state index is 0.609. The number of benzene rings is 1. The van der Waals surface area contributed by atoms with Gasteiger partial charge in [0.1, 0.15) is 0 Å². The summed E-state index contributed by atoms with van der Waals surface area (Å²) in [5.74, 6) is 0. The molecule has 1 aromatic carbocycles. The lowest BCUT2D eigenvalue weighted by molar-refractivity contribution is 0.143. The van der Waals surface area contributed by atoms with Gasteiger partial charge in [0.25, 0.3) is 0 Å². The van der Waals surface area contributed by atoms with Crippen molar-refractivity contribution in [1.29, 1.82) is 0 Å². The maximum Gasteiger partial charge on any atom is 0.0721 e. The van der Waals surface area contributed by atoms with Crippen LogP contribution < -0.4 is 5.32 Å². The van der Waals surface area contributed by atoms with E-state index in [1.807, 2.05) is 31.3 Å². The molecule has 22 heavy (non-hydrogen) atoms. The van der Waals surface area contributed by atoms with E-state index >= 15 is 0 Å². The van der Waals surface area contributed by atoms with Crippen molar-refractivity contribution in [3.8, 4) is 0 Å². The zero-order chi connectivity index (χ0) is 16.2. The summed E-state index contributed by atoms with van der Waals surface area (Å²) < 4.78 is 5.70. The Balaban J connectivity index is 2.17. The van der Waals surface area contributed by atoms with Crippen molar-refractivity contribution in [1.82, 2.24) is 5.32 Å². The maximum atomic E-state index is 5.86. The van der Waals surface area contributed by atoms with Gasteiger partial charge in [-0.1, -0.05) is 30.3 Å². The first-order chi connectivity index (χ1) is 10.6. The second kappa shape index (κ2) is 11.8. The number of hydrogen-bond donors (Lipinski definition) is 1. The number of thioether (sulfide) groups is 1. The monoisotopic (exact) mass is 339 g/mol. The number of halogens is 1. The number of allylic oxidation sites excluding steroid dienone is 1. The van der Waals surface area contributed by atoms with Gasteiger partial charge in [0.15, 0.2) is 0 Å². The first-order valence-electron chi connectivity index (χ1n) is 7.58. The maximum absolute atomic E-state index is 5.86. The minimum Gasteiger partial charge on any atom is -0.372 e. The average molecular weight is 340 g/mol. The normalized spacial score (nSPS) is 11.7. The van der Waals surface area contributed by atoms with Crippen LogP contribution in [0.15, 0.2) is 46.7 Å². The number of ether oxygens (including phenoxy) is 1. The molecule has 1 rings (SSSR count). The van der Waals surface area contributed by atoms with Crippen LogP contribution in [0.25, 0.3) is 0 Å². The van der Waals surface area contributed by atoms with Gasteiger partial charge in [-0.15, -0.1) is 11.8 Å². The van der Waals surface area contributed by atoms with E-state index in [-0.39, 0.29) is 0 Å². The Labute approximate surface area is 144 Å². The minimum absolute atomic E-state index is 0.609. The highest BCUT2D eigenvalue weighted by Crippen LogP contribution is 2.22. The summed E-state index contributed by atoms with van der Waals surface area (Å²) in [7, 11) is 1.99. The molecule has 0 aliphatic heterocycles. The van der Waals surface area contributed by atoms with E-state index in [0.717, 1.165) is 23.6 Å². The summed E-state index contributed by atoms with van der Waals surface area (Å²) in [5.41, 5.74) is 2.36. The summed E-state index contributed by atoms with van der Waals surface area (Å²) in [6.07, 6.45) is 3.46. The third-order valence-corrected chi connectivity index (χ3v) is 4.38. The van der Waals surface area contributed by atoms with Crippen molar-refractivity contribution < 1.29 is 4.74 Å². The van der Waals surface area contributed by atoms with Gasteiger partial charge in [-0.05, 0) is 73.4 Å². The van der Waals surface area contributed by atoms with Crippen molar-refractivity contribution >= 4 is 23.4 Å². The summed E-state index contributed by atoms with van der Waals surface area (Å²) in [6.45, 7) is 8.52. The molecule has 0 aliphatic rings. The molecule has 0 radical (unpaired) electrons. The zero-order valence-electron chi connectivity index (χ0n) is 13.5. The number of hydrogen-bond acceptors (Lipinski definition) is 3. The summed E-state index contributed by atoms with van der Waals surface area (Å²) in [5, 5.41) is 6.05. The summed E-state index contributed by atoms with van der Waals surface area (Å²) in [4.78, 5) is 1.22. The fourth-order valence-corrected chi connectivity index (χ4v) is 2.64. The van der Waals surface area contributed by atoms with E-state index in [1.54, 1.807) is 11.8 Å². The molecule has 1 aromatic rings. The Morgan fingerprint density at radius 3 is 2.73 bits per heavy atom. The van der Waals surface area contributed by atoms with E-state index in [2.05, 4.69) is 24.2 Å². The van der Waals surface area contributed by atoms with Crippen LogP contribution in [-0.4, -0.2) is 20.2 Å². The first-order valence-corrected chi connectivity index (χ1v) is 8.84. The van der Waals surface area contributed by atoms with E-state index in [9.17, 15) is 0 Å². The molecule has 0 unspecified atom stereocenters. The van der Waals surface area contributed by atoms with Crippen LogP contribution >= 0.6 is 23.4 Å². The molecule has 0 amide bonds. The van der Waals surface area contributed by atoms with Gasteiger partial charge in [-0.3, -0.25) is 0 Å². The van der Waals surface area contributed by atoms with Crippen LogP contribution in [0.2, 0.25) is 5.02 Å². The zero-order valence-corrected chi connectivity index (χ0v) is 15.1. The Hall–Kier alpha value is -0.740. The largest absolute Gasteiger partial charge is 0.372 e. The van der Waals surface area contributed by atoms with E-state index in [0.29, 0.717) is 13.2 Å². The lowest BCUT2D eigenvalue weighted by atomic mass is 10.2. The van der Waals surface area contributed by atoms with Gasteiger partial charge in [0.05, 0.1) is 13.2 Å². The van der Waals surface area contributed by atoms with Crippen molar-refractivity contribution in [2.45, 2.75) is 32.8 Å². The van der Waals surface area contributed by atoms with Gasteiger partial charge in [0, 0.05) is 5.02 Å². The predicted molar refractivity (Wildman–Crippen MR) is 99.4 cm³/mol. The number of unbranched alkanes of at least 4 members (excludes halogenated alkanes) is 1. The standard InChI is InChI=1S/C18H26ClNOS/c1-15(14-22-16(2)6-4-5-11-20-3)12-21-13-17-7-9-18(19)10-8-17/h7-10,14,20H,2,4-6,11-13H2,1,3H3/b15-14+. The van der Waals surface area contributed by atoms with Crippen molar-refractivity contribution in [3.05, 3.63) is 57.3 Å². The van der Waals surface area contributed by atoms with Crippen LogP contribution in [0.4, 0.5) is 0 Å². The molecule has 0 aromatic heterocycles. The van der Waals surface area contributed by atoms with Crippen LogP contribution in [0, 0.1) is 0 Å². The van der Waals surface area contributed by atoms with Gasteiger partial charge < -0.3 is 10.1 Å². The van der Waals surface area contributed by atoms with Gasteiger partial charge >= 0.3 is 0 Å². The van der Waals surface area contributed by atoms with Crippen molar-refractivity contribution in [2.24, 2.45) is 0 Å². The SMILES string of the molecule is C=C(CCCCNC)S/C=C(\C)COCc1ccc(Cl)cc1. The van der Waals surface area contributed by atoms with Gasteiger partial charge in [0.2, 0.25) is 0 Å². The third kappa shape index (κ3) is 9.31. The van der Waals surface area contributed by atoms with Crippen LogP contribution in [0.5, 0.6) is 0 Å². The van der Waals surface area contributed by atoms with E-state index in [1.165, 1.54) is 23.3 Å². The molecule has 0 heterocycles. The van der Waals surface area contributed by atoms with Gasteiger partial charge in [-0.2, -0.15) is 0 Å². The summed E-state index contributed by atoms with van der Waals surface area (Å²) in [6, 6.07) is 7.75.